The molecule has 1 unspecified atom stereocenters. The lowest BCUT2D eigenvalue weighted by atomic mass is 10.1. The highest BCUT2D eigenvalue weighted by Crippen LogP contribution is 2.36. The Morgan fingerprint density at radius 3 is 2.62 bits per heavy atom. The van der Waals surface area contributed by atoms with Crippen molar-refractivity contribution in [3.8, 4) is 5.75 Å². The van der Waals surface area contributed by atoms with Gasteiger partial charge in [-0.3, -0.25) is 9.59 Å². The van der Waals surface area contributed by atoms with E-state index in [0.29, 0.717) is 11.4 Å². The molecule has 2 aromatic carbocycles. The average Bonchev–Trinajstić information content (AvgIpc) is 2.52. The van der Waals surface area contributed by atoms with E-state index in [0.717, 1.165) is 11.1 Å². The molecule has 1 aliphatic heterocycles. The maximum atomic E-state index is 13.1. The van der Waals surface area contributed by atoms with Crippen LogP contribution in [-0.2, 0) is 16.1 Å². The molecule has 1 aliphatic rings. The van der Waals surface area contributed by atoms with Crippen LogP contribution in [0.1, 0.15) is 17.5 Å². The van der Waals surface area contributed by atoms with E-state index in [1.54, 1.807) is 24.3 Å². The van der Waals surface area contributed by atoms with E-state index in [9.17, 15) is 14.0 Å². The monoisotopic (exact) mass is 329 g/mol. The lowest BCUT2D eigenvalue weighted by molar-refractivity contribution is -0.142. The number of aliphatic carboxylic acids is 1. The van der Waals surface area contributed by atoms with Crippen molar-refractivity contribution in [2.24, 2.45) is 0 Å². The molecule has 0 spiro atoms. The van der Waals surface area contributed by atoms with E-state index in [1.807, 2.05) is 13.0 Å². The second-order valence-corrected chi connectivity index (χ2v) is 5.73. The first kappa shape index (κ1) is 16.0. The molecule has 1 amide bonds. The Morgan fingerprint density at radius 1 is 1.25 bits per heavy atom. The Balaban J connectivity index is 1.96. The summed E-state index contributed by atoms with van der Waals surface area (Å²) in [5, 5.41) is 9.00. The Labute approximate surface area is 138 Å². The number of halogens is 1. The molecule has 0 saturated carbocycles. The van der Waals surface area contributed by atoms with Crippen molar-refractivity contribution in [3.05, 3.63) is 59.4 Å². The molecule has 0 aromatic heterocycles. The first-order chi connectivity index (χ1) is 11.4. The summed E-state index contributed by atoms with van der Waals surface area (Å²) in [5.74, 6) is -1.40. The fourth-order valence-electron chi connectivity index (χ4n) is 2.66. The lowest BCUT2D eigenvalue weighted by Crippen LogP contribution is -2.46. The van der Waals surface area contributed by atoms with Gasteiger partial charge in [-0.2, -0.15) is 0 Å². The van der Waals surface area contributed by atoms with Gasteiger partial charge in [0.05, 0.1) is 18.7 Å². The van der Waals surface area contributed by atoms with Crippen LogP contribution < -0.4 is 9.64 Å². The molecule has 0 aliphatic carbocycles. The minimum atomic E-state index is -1.11. The van der Waals surface area contributed by atoms with Gasteiger partial charge in [0.15, 0.2) is 6.10 Å². The van der Waals surface area contributed by atoms with Gasteiger partial charge in [-0.05, 0) is 42.3 Å². The molecule has 6 heteroatoms. The van der Waals surface area contributed by atoms with Crippen LogP contribution in [0.5, 0.6) is 5.75 Å². The molecule has 0 saturated heterocycles. The number of aryl methyl sites for hydroxylation is 1. The van der Waals surface area contributed by atoms with Crippen molar-refractivity contribution in [1.29, 1.82) is 0 Å². The molecule has 1 heterocycles. The van der Waals surface area contributed by atoms with Crippen LogP contribution in [-0.4, -0.2) is 23.1 Å². The van der Waals surface area contributed by atoms with E-state index < -0.39 is 24.4 Å². The second-order valence-electron chi connectivity index (χ2n) is 5.73. The summed E-state index contributed by atoms with van der Waals surface area (Å²) >= 11 is 0. The Kier molecular flexibility index (Phi) is 4.20. The Bertz CT molecular complexity index is 788. The van der Waals surface area contributed by atoms with Crippen LogP contribution in [0.2, 0.25) is 0 Å². The van der Waals surface area contributed by atoms with Gasteiger partial charge in [0, 0.05) is 0 Å². The fraction of sp³-hybridized carbons (Fsp3) is 0.222. The molecule has 0 radical (unpaired) electrons. The number of benzene rings is 2. The van der Waals surface area contributed by atoms with Crippen molar-refractivity contribution in [2.75, 3.05) is 4.90 Å². The summed E-state index contributed by atoms with van der Waals surface area (Å²) in [6.45, 7) is 2.10. The maximum Gasteiger partial charge on any atom is 0.307 e. The van der Waals surface area contributed by atoms with E-state index in [-0.39, 0.29) is 12.4 Å². The van der Waals surface area contributed by atoms with Gasteiger partial charge in [0.1, 0.15) is 11.6 Å². The summed E-state index contributed by atoms with van der Waals surface area (Å²) < 4.78 is 18.7. The molecule has 1 N–H and O–H groups in total. The van der Waals surface area contributed by atoms with Crippen molar-refractivity contribution < 1.29 is 23.8 Å². The normalized spacial score (nSPS) is 16.5. The van der Waals surface area contributed by atoms with Gasteiger partial charge in [0.2, 0.25) is 0 Å². The number of hydrogen-bond acceptors (Lipinski definition) is 3. The first-order valence-electron chi connectivity index (χ1n) is 7.49. The van der Waals surface area contributed by atoms with Gasteiger partial charge >= 0.3 is 5.97 Å². The Morgan fingerprint density at radius 2 is 1.96 bits per heavy atom. The number of carboxylic acid groups (broad SMARTS) is 1. The van der Waals surface area contributed by atoms with Gasteiger partial charge in [-0.1, -0.05) is 18.2 Å². The molecule has 3 rings (SSSR count). The van der Waals surface area contributed by atoms with Crippen LogP contribution in [0.15, 0.2) is 42.5 Å². The fourth-order valence-corrected chi connectivity index (χ4v) is 2.66. The maximum absolute atomic E-state index is 13.1. The molecule has 124 valence electrons. The number of carboxylic acids is 1. The standard InChI is InChI=1S/C18H16FNO4/c1-11-2-7-14-15(8-11)24-16(9-17(21)22)18(23)20(14)10-12-3-5-13(19)6-4-12/h2-8,16H,9-10H2,1H3,(H,21,22). The number of nitrogens with zero attached hydrogens (tertiary/aromatic N) is 1. The second kappa shape index (κ2) is 6.31. The summed E-state index contributed by atoms with van der Waals surface area (Å²) in [5.41, 5.74) is 2.27. The van der Waals surface area contributed by atoms with E-state index in [1.165, 1.54) is 17.0 Å². The summed E-state index contributed by atoms with van der Waals surface area (Å²) in [7, 11) is 0. The molecule has 5 nitrogen and oxygen atoms in total. The van der Waals surface area contributed by atoms with Crippen molar-refractivity contribution in [1.82, 2.24) is 0 Å². The minimum absolute atomic E-state index is 0.217. The number of hydrogen-bond donors (Lipinski definition) is 1. The van der Waals surface area contributed by atoms with Gasteiger partial charge < -0.3 is 14.7 Å². The third-order valence-electron chi connectivity index (χ3n) is 3.83. The zero-order valence-electron chi connectivity index (χ0n) is 13.0. The van der Waals surface area contributed by atoms with Crippen LogP contribution in [0.3, 0.4) is 0 Å². The first-order valence-corrected chi connectivity index (χ1v) is 7.49. The zero-order valence-corrected chi connectivity index (χ0v) is 13.0. The van der Waals surface area contributed by atoms with Crippen molar-refractivity contribution >= 4 is 17.6 Å². The molecule has 1 atom stereocenters. The molecule has 0 fully saturated rings. The topological polar surface area (TPSA) is 66.8 Å². The number of fused-ring (bicyclic) bond motifs is 1. The summed E-state index contributed by atoms with van der Waals surface area (Å²) in [6, 6.07) is 11.2. The number of ether oxygens (including phenoxy) is 1. The predicted molar refractivity (Wildman–Crippen MR) is 85.4 cm³/mol. The third-order valence-corrected chi connectivity index (χ3v) is 3.83. The predicted octanol–water partition coefficient (Wildman–Crippen LogP) is 2.90. The van der Waals surface area contributed by atoms with Gasteiger partial charge in [0.25, 0.3) is 5.91 Å². The van der Waals surface area contributed by atoms with Gasteiger partial charge in [-0.25, -0.2) is 4.39 Å². The number of rotatable bonds is 4. The van der Waals surface area contributed by atoms with Crippen LogP contribution in [0.4, 0.5) is 10.1 Å². The number of amides is 1. The van der Waals surface area contributed by atoms with Gasteiger partial charge in [-0.15, -0.1) is 0 Å². The number of carbonyl (C=O) groups excluding carboxylic acids is 1. The highest BCUT2D eigenvalue weighted by atomic mass is 19.1. The SMILES string of the molecule is Cc1ccc2c(c1)OC(CC(=O)O)C(=O)N2Cc1ccc(F)cc1. The van der Waals surface area contributed by atoms with E-state index in [2.05, 4.69) is 0 Å². The summed E-state index contributed by atoms with van der Waals surface area (Å²) in [6.07, 6.45) is -1.48. The Hall–Kier alpha value is -2.89. The van der Waals surface area contributed by atoms with Crippen LogP contribution in [0, 0.1) is 12.7 Å². The van der Waals surface area contributed by atoms with Crippen LogP contribution in [0.25, 0.3) is 0 Å². The number of anilines is 1. The zero-order chi connectivity index (χ0) is 17.3. The average molecular weight is 329 g/mol. The number of carbonyl (C=O) groups is 2. The molecular weight excluding hydrogens is 313 g/mol. The lowest BCUT2D eigenvalue weighted by Gasteiger charge is -2.34. The minimum Gasteiger partial charge on any atom is -0.481 e. The summed E-state index contributed by atoms with van der Waals surface area (Å²) in [4.78, 5) is 25.1. The van der Waals surface area contributed by atoms with E-state index >= 15 is 0 Å². The molecular formula is C18H16FNO4. The smallest absolute Gasteiger partial charge is 0.307 e. The van der Waals surface area contributed by atoms with E-state index in [4.69, 9.17) is 9.84 Å². The molecule has 0 bridgehead atoms. The van der Waals surface area contributed by atoms with Crippen molar-refractivity contribution in [2.45, 2.75) is 26.0 Å². The highest BCUT2D eigenvalue weighted by Gasteiger charge is 2.35. The van der Waals surface area contributed by atoms with Crippen molar-refractivity contribution in [3.63, 3.8) is 0 Å². The largest absolute Gasteiger partial charge is 0.481 e. The highest BCUT2D eigenvalue weighted by molar-refractivity contribution is 6.01. The molecule has 24 heavy (non-hydrogen) atoms. The van der Waals surface area contributed by atoms with Crippen LogP contribution >= 0.6 is 0 Å². The quantitative estimate of drug-likeness (QED) is 0.936. The third kappa shape index (κ3) is 3.22. The molecule has 2 aromatic rings.